The van der Waals surface area contributed by atoms with Crippen LogP contribution in [-0.4, -0.2) is 40.7 Å². The smallest absolute Gasteiger partial charge is 0.232 e. The first-order valence-electron chi connectivity index (χ1n) is 8.31. The van der Waals surface area contributed by atoms with Crippen LogP contribution in [0.1, 0.15) is 26.2 Å². The number of nitrogens with zero attached hydrogens (tertiary/aromatic N) is 4. The molecule has 1 aromatic carbocycles. The molecule has 5 nitrogen and oxygen atoms in total. The Hall–Kier alpha value is -1.95. The second-order valence-corrected chi connectivity index (χ2v) is 7.03. The zero-order valence-electron chi connectivity index (χ0n) is 14.4. The minimum absolute atomic E-state index is 0.827. The number of para-hydroxylation sites is 2. The first kappa shape index (κ1) is 16.9. The van der Waals surface area contributed by atoms with Crippen LogP contribution in [0.5, 0.6) is 5.75 Å². The van der Waals surface area contributed by atoms with E-state index in [-0.39, 0.29) is 0 Å². The van der Waals surface area contributed by atoms with Crippen LogP contribution in [0.4, 0.5) is 5.95 Å². The predicted molar refractivity (Wildman–Crippen MR) is 99.5 cm³/mol. The summed E-state index contributed by atoms with van der Waals surface area (Å²) in [6.07, 6.45) is 3.69. The minimum atomic E-state index is 0.827. The molecule has 0 unspecified atom stereocenters. The van der Waals surface area contributed by atoms with Gasteiger partial charge in [0.2, 0.25) is 5.95 Å². The summed E-state index contributed by atoms with van der Waals surface area (Å²) in [6.45, 7) is 8.07. The Balaban J connectivity index is 2.04. The normalized spacial score (nSPS) is 14.7. The third-order valence-electron chi connectivity index (χ3n) is 4.03. The fourth-order valence-electron chi connectivity index (χ4n) is 2.87. The molecule has 0 saturated carbocycles. The minimum Gasteiger partial charge on any atom is -0.495 e. The molecule has 1 aliphatic rings. The molecule has 0 aliphatic carbocycles. The molecule has 1 aromatic heterocycles. The number of hydrogen-bond acceptors (Lipinski definition) is 5. The van der Waals surface area contributed by atoms with Crippen molar-refractivity contribution in [2.75, 3.05) is 30.9 Å². The maximum Gasteiger partial charge on any atom is 0.232 e. The first-order valence-corrected chi connectivity index (χ1v) is 9.30. The van der Waals surface area contributed by atoms with Crippen LogP contribution in [0.2, 0.25) is 0 Å². The largest absolute Gasteiger partial charge is 0.495 e. The van der Waals surface area contributed by atoms with Crippen LogP contribution in [0.15, 0.2) is 41.6 Å². The number of benzene rings is 1. The molecule has 6 heteroatoms. The summed E-state index contributed by atoms with van der Waals surface area (Å²) in [5, 5.41) is 9.83. The molecule has 0 spiro atoms. The molecule has 128 valence electrons. The van der Waals surface area contributed by atoms with Crippen LogP contribution in [-0.2, 0) is 0 Å². The van der Waals surface area contributed by atoms with Gasteiger partial charge in [-0.1, -0.05) is 36.0 Å². The third-order valence-corrected chi connectivity index (χ3v) is 5.19. The molecular formula is C18H24N4OS. The topological polar surface area (TPSA) is 43.2 Å². The van der Waals surface area contributed by atoms with Crippen LogP contribution in [0.3, 0.4) is 0 Å². The molecule has 0 amide bonds. The highest BCUT2D eigenvalue weighted by Crippen LogP contribution is 2.33. The van der Waals surface area contributed by atoms with E-state index < -0.39 is 0 Å². The van der Waals surface area contributed by atoms with Gasteiger partial charge in [0.15, 0.2) is 5.16 Å². The number of aromatic nitrogens is 3. The van der Waals surface area contributed by atoms with E-state index in [1.807, 2.05) is 25.1 Å². The lowest BCUT2D eigenvalue weighted by atomic mass is 10.1. The van der Waals surface area contributed by atoms with Gasteiger partial charge >= 0.3 is 0 Å². The van der Waals surface area contributed by atoms with Gasteiger partial charge in [0, 0.05) is 18.8 Å². The van der Waals surface area contributed by atoms with Crippen molar-refractivity contribution in [2.45, 2.75) is 31.3 Å². The summed E-state index contributed by atoms with van der Waals surface area (Å²) in [4.78, 5) is 2.33. The summed E-state index contributed by atoms with van der Waals surface area (Å²) < 4.78 is 7.69. The van der Waals surface area contributed by atoms with Gasteiger partial charge in [-0.15, -0.1) is 10.2 Å². The number of methoxy groups -OCH3 is 1. The quantitative estimate of drug-likeness (QED) is 0.587. The Morgan fingerprint density at radius 1 is 1.21 bits per heavy atom. The van der Waals surface area contributed by atoms with E-state index in [1.165, 1.54) is 19.3 Å². The van der Waals surface area contributed by atoms with Gasteiger partial charge in [0.25, 0.3) is 0 Å². The highest BCUT2D eigenvalue weighted by Gasteiger charge is 2.23. The molecule has 2 heterocycles. The average molecular weight is 344 g/mol. The Bertz CT molecular complexity index is 707. The van der Waals surface area contributed by atoms with Crippen molar-refractivity contribution in [3.05, 3.63) is 36.4 Å². The molecule has 2 aromatic rings. The predicted octanol–water partition coefficient (Wildman–Crippen LogP) is 3.93. The van der Waals surface area contributed by atoms with Crippen molar-refractivity contribution >= 4 is 17.7 Å². The van der Waals surface area contributed by atoms with Gasteiger partial charge in [-0.3, -0.25) is 4.57 Å². The Labute approximate surface area is 147 Å². The maximum absolute atomic E-state index is 5.57. The molecular weight excluding hydrogens is 320 g/mol. The van der Waals surface area contributed by atoms with Crippen molar-refractivity contribution in [2.24, 2.45) is 0 Å². The SMILES string of the molecule is C=C(C)CSc1nnc(N2CCCCC2)n1-c1ccccc1OC. The highest BCUT2D eigenvalue weighted by atomic mass is 32.2. The lowest BCUT2D eigenvalue weighted by Gasteiger charge is -2.28. The van der Waals surface area contributed by atoms with Crippen molar-refractivity contribution < 1.29 is 4.74 Å². The average Bonchev–Trinajstić information content (AvgIpc) is 3.04. The van der Waals surface area contributed by atoms with E-state index in [2.05, 4.69) is 32.3 Å². The Morgan fingerprint density at radius 2 is 1.96 bits per heavy atom. The first-order chi connectivity index (χ1) is 11.7. The fourth-order valence-corrected chi connectivity index (χ4v) is 3.65. The summed E-state index contributed by atoms with van der Waals surface area (Å²) in [5.74, 6) is 2.56. The van der Waals surface area contributed by atoms with Crippen molar-refractivity contribution in [1.29, 1.82) is 0 Å². The number of ether oxygens (including phenoxy) is 1. The molecule has 1 aliphatic heterocycles. The Morgan fingerprint density at radius 3 is 2.67 bits per heavy atom. The molecule has 1 fully saturated rings. The molecule has 24 heavy (non-hydrogen) atoms. The third kappa shape index (κ3) is 3.59. The summed E-state index contributed by atoms with van der Waals surface area (Å²) in [6, 6.07) is 8.03. The lowest BCUT2D eigenvalue weighted by molar-refractivity contribution is 0.412. The zero-order chi connectivity index (χ0) is 16.9. The zero-order valence-corrected chi connectivity index (χ0v) is 15.2. The number of hydrogen-bond donors (Lipinski definition) is 0. The monoisotopic (exact) mass is 344 g/mol. The second kappa shape index (κ2) is 7.75. The molecule has 3 rings (SSSR count). The summed E-state index contributed by atoms with van der Waals surface area (Å²) >= 11 is 1.66. The van der Waals surface area contributed by atoms with Crippen molar-refractivity contribution in [1.82, 2.24) is 14.8 Å². The van der Waals surface area contributed by atoms with Crippen LogP contribution >= 0.6 is 11.8 Å². The van der Waals surface area contributed by atoms with Gasteiger partial charge in [-0.2, -0.15) is 0 Å². The number of rotatable bonds is 6. The fraction of sp³-hybridized carbons (Fsp3) is 0.444. The van der Waals surface area contributed by atoms with E-state index in [0.29, 0.717) is 0 Å². The molecule has 1 saturated heterocycles. The number of thioether (sulfide) groups is 1. The van der Waals surface area contributed by atoms with Gasteiger partial charge in [-0.25, -0.2) is 0 Å². The van der Waals surface area contributed by atoms with Gasteiger partial charge < -0.3 is 9.64 Å². The molecule has 0 atom stereocenters. The van der Waals surface area contributed by atoms with Gasteiger partial charge in [0.05, 0.1) is 12.8 Å². The second-order valence-electron chi connectivity index (χ2n) is 6.08. The van der Waals surface area contributed by atoms with E-state index in [4.69, 9.17) is 4.74 Å². The summed E-state index contributed by atoms with van der Waals surface area (Å²) in [5.41, 5.74) is 2.10. The van der Waals surface area contributed by atoms with Crippen molar-refractivity contribution in [3.63, 3.8) is 0 Å². The maximum atomic E-state index is 5.57. The number of piperidine rings is 1. The standard InChI is InChI=1S/C18H24N4OS/c1-14(2)13-24-18-20-19-17(21-11-7-4-8-12-21)22(18)15-9-5-6-10-16(15)23-3/h5-6,9-10H,1,4,7-8,11-13H2,2-3H3. The number of anilines is 1. The van der Waals surface area contributed by atoms with E-state index in [0.717, 1.165) is 47.0 Å². The van der Waals surface area contributed by atoms with Gasteiger partial charge in [0.1, 0.15) is 5.75 Å². The van der Waals surface area contributed by atoms with Crippen LogP contribution in [0.25, 0.3) is 5.69 Å². The Kier molecular flexibility index (Phi) is 5.45. The van der Waals surface area contributed by atoms with Crippen molar-refractivity contribution in [3.8, 4) is 11.4 Å². The highest BCUT2D eigenvalue weighted by molar-refractivity contribution is 7.99. The lowest BCUT2D eigenvalue weighted by Crippen LogP contribution is -2.31. The van der Waals surface area contributed by atoms with Crippen LogP contribution in [0, 0.1) is 0 Å². The van der Waals surface area contributed by atoms with Gasteiger partial charge in [-0.05, 0) is 38.3 Å². The summed E-state index contributed by atoms with van der Waals surface area (Å²) in [7, 11) is 1.70. The molecule has 0 radical (unpaired) electrons. The van der Waals surface area contributed by atoms with E-state index in [1.54, 1.807) is 18.9 Å². The molecule has 0 bridgehead atoms. The molecule has 0 N–H and O–H groups in total. The van der Waals surface area contributed by atoms with E-state index in [9.17, 15) is 0 Å². The van der Waals surface area contributed by atoms with E-state index >= 15 is 0 Å². The van der Waals surface area contributed by atoms with Crippen LogP contribution < -0.4 is 9.64 Å².